The number of carbonyl (C=O) groups excluding carboxylic acids is 2. The largest absolute Gasteiger partial charge is 0.445 e. The van der Waals surface area contributed by atoms with Crippen LogP contribution in [-0.2, 0) is 16.1 Å². The second kappa shape index (κ2) is 7.38. The molecular weight excluding hydrogens is 246 g/mol. The smallest absolute Gasteiger partial charge is 0.408 e. The molecule has 1 rings (SSSR count). The van der Waals surface area contributed by atoms with E-state index < -0.39 is 12.1 Å². The number of hydrogen-bond donors (Lipinski definition) is 2. The average Bonchev–Trinajstić information content (AvgIpc) is 2.42. The Bertz CT molecular complexity index is 420. The highest BCUT2D eigenvalue weighted by atomic mass is 16.5. The minimum Gasteiger partial charge on any atom is -0.445 e. The van der Waals surface area contributed by atoms with Crippen LogP contribution >= 0.6 is 0 Å². The van der Waals surface area contributed by atoms with Crippen LogP contribution in [0.1, 0.15) is 5.56 Å². The zero-order valence-electron chi connectivity index (χ0n) is 11.1. The Hall–Kier alpha value is -2.08. The Kier molecular flexibility index (Phi) is 5.81. The molecule has 0 aliphatic heterocycles. The van der Waals surface area contributed by atoms with Crippen molar-refractivity contribution in [3.05, 3.63) is 35.9 Å². The molecule has 0 heterocycles. The number of likely N-dealkylation sites (N-methyl/N-ethyl adjacent to an activating group) is 1. The van der Waals surface area contributed by atoms with Gasteiger partial charge >= 0.3 is 6.09 Å². The van der Waals surface area contributed by atoms with E-state index in [1.807, 2.05) is 30.3 Å². The average molecular weight is 265 g/mol. The fourth-order valence-corrected chi connectivity index (χ4v) is 1.44. The fourth-order valence-electron chi connectivity index (χ4n) is 1.44. The molecule has 104 valence electrons. The molecular formula is C13H19N3O3. The molecule has 0 saturated carbocycles. The Morgan fingerprint density at radius 3 is 2.47 bits per heavy atom. The number of rotatable bonds is 5. The van der Waals surface area contributed by atoms with E-state index in [0.29, 0.717) is 0 Å². The van der Waals surface area contributed by atoms with E-state index >= 15 is 0 Å². The number of carbonyl (C=O) groups is 2. The molecule has 1 atom stereocenters. The highest BCUT2D eigenvalue weighted by molar-refractivity contribution is 5.85. The molecule has 0 bridgehead atoms. The third-order valence-electron chi connectivity index (χ3n) is 2.48. The van der Waals surface area contributed by atoms with Gasteiger partial charge in [0.15, 0.2) is 0 Å². The van der Waals surface area contributed by atoms with Crippen molar-refractivity contribution in [2.45, 2.75) is 12.6 Å². The van der Waals surface area contributed by atoms with Crippen LogP contribution < -0.4 is 11.1 Å². The molecule has 0 saturated heterocycles. The molecule has 0 radical (unpaired) electrons. The predicted octanol–water partition coefficient (Wildman–Crippen LogP) is 0.328. The summed E-state index contributed by atoms with van der Waals surface area (Å²) in [4.78, 5) is 24.6. The van der Waals surface area contributed by atoms with Crippen LogP contribution in [0.4, 0.5) is 4.79 Å². The lowest BCUT2D eigenvalue weighted by atomic mass is 10.2. The third kappa shape index (κ3) is 4.97. The number of benzene rings is 1. The monoisotopic (exact) mass is 265 g/mol. The zero-order valence-corrected chi connectivity index (χ0v) is 11.1. The molecule has 0 spiro atoms. The maximum atomic E-state index is 11.7. The summed E-state index contributed by atoms with van der Waals surface area (Å²) in [6.07, 6.45) is -0.658. The van der Waals surface area contributed by atoms with E-state index in [2.05, 4.69) is 5.32 Å². The van der Waals surface area contributed by atoms with Gasteiger partial charge in [-0.15, -0.1) is 0 Å². The summed E-state index contributed by atoms with van der Waals surface area (Å²) < 4.78 is 5.01. The summed E-state index contributed by atoms with van der Waals surface area (Å²) >= 11 is 0. The number of nitrogens with one attached hydrogen (secondary N) is 1. The summed E-state index contributed by atoms with van der Waals surface area (Å²) in [7, 11) is 3.20. The first-order chi connectivity index (χ1) is 9.04. The number of nitrogens with zero attached hydrogens (tertiary/aromatic N) is 1. The van der Waals surface area contributed by atoms with Gasteiger partial charge in [-0.05, 0) is 5.56 Å². The van der Waals surface area contributed by atoms with Gasteiger partial charge in [0.1, 0.15) is 12.6 Å². The molecule has 0 unspecified atom stereocenters. The maximum Gasteiger partial charge on any atom is 0.408 e. The first kappa shape index (κ1) is 15.0. The second-order valence-electron chi connectivity index (χ2n) is 4.23. The molecule has 0 fully saturated rings. The Morgan fingerprint density at radius 2 is 1.95 bits per heavy atom. The Morgan fingerprint density at radius 1 is 1.32 bits per heavy atom. The van der Waals surface area contributed by atoms with Gasteiger partial charge in [0.2, 0.25) is 5.91 Å². The molecule has 6 nitrogen and oxygen atoms in total. The third-order valence-corrected chi connectivity index (χ3v) is 2.48. The summed E-state index contributed by atoms with van der Waals surface area (Å²) in [5.74, 6) is -0.265. The quantitative estimate of drug-likeness (QED) is 0.803. The summed E-state index contributed by atoms with van der Waals surface area (Å²) in [6.45, 7) is 0.178. The number of alkyl carbamates (subject to hydrolysis) is 1. The minimum absolute atomic E-state index is 0.0252. The zero-order chi connectivity index (χ0) is 14.3. The lowest BCUT2D eigenvalue weighted by Gasteiger charge is -2.19. The van der Waals surface area contributed by atoms with Crippen molar-refractivity contribution in [1.82, 2.24) is 10.2 Å². The SMILES string of the molecule is CN(C)C(=O)[C@H](CN)NC(=O)OCc1ccccc1. The predicted molar refractivity (Wildman–Crippen MR) is 71.3 cm³/mol. The number of nitrogens with two attached hydrogens (primary N) is 1. The van der Waals surface area contributed by atoms with Crippen LogP contribution in [-0.4, -0.2) is 43.6 Å². The highest BCUT2D eigenvalue weighted by Crippen LogP contribution is 2.00. The minimum atomic E-state index is -0.765. The molecule has 1 aromatic carbocycles. The summed E-state index contributed by atoms with van der Waals surface area (Å²) in [6, 6.07) is 8.52. The summed E-state index contributed by atoms with van der Waals surface area (Å²) in [5, 5.41) is 2.44. The van der Waals surface area contributed by atoms with Crippen LogP contribution in [0.5, 0.6) is 0 Å². The highest BCUT2D eigenvalue weighted by Gasteiger charge is 2.21. The van der Waals surface area contributed by atoms with Crippen LogP contribution in [0, 0.1) is 0 Å². The number of amides is 2. The maximum absolute atomic E-state index is 11.7. The van der Waals surface area contributed by atoms with E-state index in [-0.39, 0.29) is 19.1 Å². The first-order valence-electron chi connectivity index (χ1n) is 5.93. The molecule has 1 aromatic rings. The van der Waals surface area contributed by atoms with Crippen molar-refractivity contribution in [1.29, 1.82) is 0 Å². The van der Waals surface area contributed by atoms with Gasteiger partial charge in [-0.2, -0.15) is 0 Å². The van der Waals surface area contributed by atoms with Crippen molar-refractivity contribution in [3.63, 3.8) is 0 Å². The molecule has 0 aliphatic carbocycles. The fraction of sp³-hybridized carbons (Fsp3) is 0.385. The van der Waals surface area contributed by atoms with Crippen LogP contribution in [0.3, 0.4) is 0 Å². The Labute approximate surface area is 112 Å². The van der Waals surface area contributed by atoms with Crippen molar-refractivity contribution >= 4 is 12.0 Å². The second-order valence-corrected chi connectivity index (χ2v) is 4.23. The number of hydrogen-bond acceptors (Lipinski definition) is 4. The molecule has 0 aromatic heterocycles. The normalized spacial score (nSPS) is 11.5. The van der Waals surface area contributed by atoms with E-state index in [0.717, 1.165) is 5.56 Å². The van der Waals surface area contributed by atoms with Gasteiger partial charge in [-0.1, -0.05) is 30.3 Å². The van der Waals surface area contributed by atoms with Crippen LogP contribution in [0.25, 0.3) is 0 Å². The van der Waals surface area contributed by atoms with Crippen LogP contribution in [0.2, 0.25) is 0 Å². The van der Waals surface area contributed by atoms with E-state index in [9.17, 15) is 9.59 Å². The van der Waals surface area contributed by atoms with Gasteiger partial charge in [0.05, 0.1) is 0 Å². The van der Waals surface area contributed by atoms with Crippen molar-refractivity contribution in [3.8, 4) is 0 Å². The van der Waals surface area contributed by atoms with Crippen molar-refractivity contribution < 1.29 is 14.3 Å². The van der Waals surface area contributed by atoms with E-state index in [1.54, 1.807) is 14.1 Å². The van der Waals surface area contributed by atoms with Crippen molar-refractivity contribution in [2.24, 2.45) is 5.73 Å². The molecule has 3 N–H and O–H groups in total. The molecule has 2 amide bonds. The van der Waals surface area contributed by atoms with Gasteiger partial charge < -0.3 is 20.7 Å². The van der Waals surface area contributed by atoms with Gasteiger partial charge in [0.25, 0.3) is 0 Å². The standard InChI is InChI=1S/C13H19N3O3/c1-16(2)12(17)11(8-14)15-13(18)19-9-10-6-4-3-5-7-10/h3-7,11H,8-9,14H2,1-2H3,(H,15,18)/t11-/m0/s1. The van der Waals surface area contributed by atoms with Gasteiger partial charge in [0, 0.05) is 20.6 Å². The lowest BCUT2D eigenvalue weighted by molar-refractivity contribution is -0.130. The first-order valence-corrected chi connectivity index (χ1v) is 5.93. The molecule has 19 heavy (non-hydrogen) atoms. The van der Waals surface area contributed by atoms with E-state index in [1.165, 1.54) is 4.90 Å². The Balaban J connectivity index is 2.44. The summed E-state index contributed by atoms with van der Waals surface area (Å²) in [5.41, 5.74) is 6.33. The van der Waals surface area contributed by atoms with Gasteiger partial charge in [-0.25, -0.2) is 4.79 Å². The van der Waals surface area contributed by atoms with Gasteiger partial charge in [-0.3, -0.25) is 4.79 Å². The topological polar surface area (TPSA) is 84.7 Å². The molecule has 6 heteroatoms. The lowest BCUT2D eigenvalue weighted by Crippen LogP contribution is -2.50. The van der Waals surface area contributed by atoms with Crippen LogP contribution in [0.15, 0.2) is 30.3 Å². The van der Waals surface area contributed by atoms with E-state index in [4.69, 9.17) is 10.5 Å². The van der Waals surface area contributed by atoms with Crippen molar-refractivity contribution in [2.75, 3.05) is 20.6 Å². The molecule has 0 aliphatic rings. The number of ether oxygens (including phenoxy) is 1.